The van der Waals surface area contributed by atoms with Crippen molar-refractivity contribution in [1.29, 1.82) is 0 Å². The predicted molar refractivity (Wildman–Crippen MR) is 86.9 cm³/mol. The molecule has 2 aliphatic carbocycles. The highest BCUT2D eigenvalue weighted by Crippen LogP contribution is 2.53. The Morgan fingerprint density at radius 3 is 2.70 bits per heavy atom. The Hall–Kier alpha value is -1.08. The van der Waals surface area contributed by atoms with Gasteiger partial charge in [0.25, 0.3) is 0 Å². The zero-order valence-corrected chi connectivity index (χ0v) is 13.2. The standard InChI is InChI=1S/C19H27N/c1-4-20(5-2)14-19(3)12-8-11-17-16-10-7-6-9-15(16)13-18(17)19/h6-7,9-10,13,17H,4-5,8,11-12,14H2,1-3H3. The molecule has 1 saturated carbocycles. The highest BCUT2D eigenvalue weighted by atomic mass is 15.1. The van der Waals surface area contributed by atoms with E-state index in [2.05, 4.69) is 56.0 Å². The van der Waals surface area contributed by atoms with Gasteiger partial charge < -0.3 is 4.90 Å². The van der Waals surface area contributed by atoms with Gasteiger partial charge in [0.2, 0.25) is 0 Å². The van der Waals surface area contributed by atoms with Crippen LogP contribution in [0.3, 0.4) is 0 Å². The van der Waals surface area contributed by atoms with Crippen LogP contribution in [-0.2, 0) is 0 Å². The van der Waals surface area contributed by atoms with Crippen LogP contribution in [0.25, 0.3) is 6.08 Å². The van der Waals surface area contributed by atoms with Crippen LogP contribution in [0.4, 0.5) is 0 Å². The fraction of sp³-hybridized carbons (Fsp3) is 0.579. The molecular weight excluding hydrogens is 242 g/mol. The summed E-state index contributed by atoms with van der Waals surface area (Å²) in [6, 6.07) is 9.01. The van der Waals surface area contributed by atoms with Crippen molar-refractivity contribution in [1.82, 2.24) is 4.90 Å². The Morgan fingerprint density at radius 2 is 1.95 bits per heavy atom. The summed E-state index contributed by atoms with van der Waals surface area (Å²) in [5, 5.41) is 0. The van der Waals surface area contributed by atoms with Gasteiger partial charge in [-0.1, -0.05) is 63.1 Å². The average Bonchev–Trinajstić information content (AvgIpc) is 2.86. The van der Waals surface area contributed by atoms with E-state index in [0.717, 1.165) is 13.1 Å². The lowest BCUT2D eigenvalue weighted by molar-refractivity contribution is 0.172. The molecule has 0 radical (unpaired) electrons. The van der Waals surface area contributed by atoms with E-state index in [1.54, 1.807) is 11.1 Å². The minimum absolute atomic E-state index is 0.369. The first-order valence-electron chi connectivity index (χ1n) is 8.21. The Balaban J connectivity index is 1.91. The maximum atomic E-state index is 2.59. The van der Waals surface area contributed by atoms with Gasteiger partial charge >= 0.3 is 0 Å². The molecule has 2 unspecified atom stereocenters. The van der Waals surface area contributed by atoms with Crippen LogP contribution in [0.1, 0.15) is 57.1 Å². The summed E-state index contributed by atoms with van der Waals surface area (Å²) in [4.78, 5) is 2.59. The molecule has 1 aromatic carbocycles. The SMILES string of the molecule is CCN(CC)CC1(C)CCCC2C1=Cc1ccccc12. The van der Waals surface area contributed by atoms with Crippen molar-refractivity contribution in [2.24, 2.45) is 5.41 Å². The number of fused-ring (bicyclic) bond motifs is 3. The third kappa shape index (κ3) is 2.22. The molecule has 0 aromatic heterocycles. The molecule has 1 heteroatoms. The summed E-state index contributed by atoms with van der Waals surface area (Å²) in [6.45, 7) is 10.6. The lowest BCUT2D eigenvalue weighted by Crippen LogP contribution is -2.39. The topological polar surface area (TPSA) is 3.24 Å². The lowest BCUT2D eigenvalue weighted by Gasteiger charge is -2.42. The summed E-state index contributed by atoms with van der Waals surface area (Å²) in [5.41, 5.74) is 5.12. The average molecular weight is 269 g/mol. The minimum Gasteiger partial charge on any atom is -0.303 e. The highest BCUT2D eigenvalue weighted by Gasteiger charge is 2.41. The first-order chi connectivity index (χ1) is 9.68. The second-order valence-corrected chi connectivity index (χ2v) is 6.70. The third-order valence-corrected chi connectivity index (χ3v) is 5.44. The van der Waals surface area contributed by atoms with E-state index in [1.807, 2.05) is 0 Å². The van der Waals surface area contributed by atoms with Gasteiger partial charge in [-0.05, 0) is 37.1 Å². The van der Waals surface area contributed by atoms with Crippen molar-refractivity contribution < 1.29 is 0 Å². The molecule has 0 spiro atoms. The van der Waals surface area contributed by atoms with Crippen molar-refractivity contribution in [2.75, 3.05) is 19.6 Å². The molecule has 0 heterocycles. The van der Waals surface area contributed by atoms with Crippen LogP contribution in [0.2, 0.25) is 0 Å². The summed E-state index contributed by atoms with van der Waals surface area (Å²) in [5.74, 6) is 0.695. The largest absolute Gasteiger partial charge is 0.303 e. The number of rotatable bonds is 4. The number of hydrogen-bond donors (Lipinski definition) is 0. The van der Waals surface area contributed by atoms with Crippen molar-refractivity contribution in [3.63, 3.8) is 0 Å². The maximum absolute atomic E-state index is 2.59. The molecule has 3 rings (SSSR count). The Morgan fingerprint density at radius 1 is 1.20 bits per heavy atom. The quantitative estimate of drug-likeness (QED) is 0.766. The molecule has 2 aliphatic rings. The normalized spacial score (nSPS) is 28.2. The second kappa shape index (κ2) is 5.37. The smallest absolute Gasteiger partial charge is 0.00728 e. The third-order valence-electron chi connectivity index (χ3n) is 5.44. The Labute approximate surface area is 123 Å². The van der Waals surface area contributed by atoms with E-state index in [4.69, 9.17) is 0 Å². The molecule has 2 atom stereocenters. The van der Waals surface area contributed by atoms with E-state index in [1.165, 1.54) is 31.4 Å². The Kier molecular flexibility index (Phi) is 3.72. The van der Waals surface area contributed by atoms with Crippen molar-refractivity contribution in [2.45, 2.75) is 46.0 Å². The number of hydrogen-bond acceptors (Lipinski definition) is 1. The first kappa shape index (κ1) is 13.9. The van der Waals surface area contributed by atoms with Gasteiger partial charge in [0, 0.05) is 17.9 Å². The Bertz CT molecular complexity index is 512. The predicted octanol–water partition coefficient (Wildman–Crippen LogP) is 4.70. The summed E-state index contributed by atoms with van der Waals surface area (Å²) in [7, 11) is 0. The zero-order chi connectivity index (χ0) is 14.2. The molecular formula is C19H27N. The number of nitrogens with zero attached hydrogens (tertiary/aromatic N) is 1. The van der Waals surface area contributed by atoms with Crippen LogP contribution < -0.4 is 0 Å². The van der Waals surface area contributed by atoms with Gasteiger partial charge in [-0.3, -0.25) is 0 Å². The van der Waals surface area contributed by atoms with Crippen LogP contribution >= 0.6 is 0 Å². The van der Waals surface area contributed by atoms with Crippen LogP contribution in [-0.4, -0.2) is 24.5 Å². The van der Waals surface area contributed by atoms with E-state index in [-0.39, 0.29) is 0 Å². The molecule has 1 nitrogen and oxygen atoms in total. The minimum atomic E-state index is 0.369. The first-order valence-corrected chi connectivity index (χ1v) is 8.21. The molecule has 0 amide bonds. The fourth-order valence-corrected chi connectivity index (χ4v) is 4.25. The van der Waals surface area contributed by atoms with Gasteiger partial charge in [-0.2, -0.15) is 0 Å². The lowest BCUT2D eigenvalue weighted by atomic mass is 9.66. The van der Waals surface area contributed by atoms with Gasteiger partial charge in [0.1, 0.15) is 0 Å². The maximum Gasteiger partial charge on any atom is 0.00728 e. The van der Waals surface area contributed by atoms with Gasteiger partial charge in [-0.25, -0.2) is 0 Å². The molecule has 1 fully saturated rings. The molecule has 20 heavy (non-hydrogen) atoms. The molecule has 108 valence electrons. The number of benzene rings is 1. The van der Waals surface area contributed by atoms with Gasteiger partial charge in [-0.15, -0.1) is 0 Å². The van der Waals surface area contributed by atoms with Crippen molar-refractivity contribution in [3.05, 3.63) is 41.0 Å². The molecule has 0 saturated heterocycles. The molecule has 0 bridgehead atoms. The van der Waals surface area contributed by atoms with Crippen LogP contribution in [0.5, 0.6) is 0 Å². The summed E-state index contributed by atoms with van der Waals surface area (Å²) >= 11 is 0. The van der Waals surface area contributed by atoms with E-state index in [9.17, 15) is 0 Å². The molecule has 0 N–H and O–H groups in total. The fourth-order valence-electron chi connectivity index (χ4n) is 4.25. The molecule has 1 aromatic rings. The zero-order valence-electron chi connectivity index (χ0n) is 13.2. The summed E-state index contributed by atoms with van der Waals surface area (Å²) < 4.78 is 0. The highest BCUT2D eigenvalue weighted by molar-refractivity contribution is 5.68. The van der Waals surface area contributed by atoms with E-state index >= 15 is 0 Å². The van der Waals surface area contributed by atoms with E-state index < -0.39 is 0 Å². The summed E-state index contributed by atoms with van der Waals surface area (Å²) in [6.07, 6.45) is 6.56. The van der Waals surface area contributed by atoms with Gasteiger partial charge in [0.05, 0.1) is 0 Å². The van der Waals surface area contributed by atoms with E-state index in [0.29, 0.717) is 11.3 Å². The van der Waals surface area contributed by atoms with Crippen LogP contribution in [0.15, 0.2) is 29.8 Å². The van der Waals surface area contributed by atoms with Gasteiger partial charge in [0.15, 0.2) is 0 Å². The van der Waals surface area contributed by atoms with Crippen molar-refractivity contribution >= 4 is 6.08 Å². The van der Waals surface area contributed by atoms with Crippen LogP contribution in [0, 0.1) is 5.41 Å². The second-order valence-electron chi connectivity index (χ2n) is 6.70. The van der Waals surface area contributed by atoms with Crippen molar-refractivity contribution in [3.8, 4) is 0 Å². The monoisotopic (exact) mass is 269 g/mol. The molecule has 0 aliphatic heterocycles.